The van der Waals surface area contributed by atoms with Gasteiger partial charge in [0.2, 0.25) is 5.91 Å². The van der Waals surface area contributed by atoms with Crippen LogP contribution < -0.4 is 11.1 Å². The average Bonchev–Trinajstić information content (AvgIpc) is 2.21. The highest BCUT2D eigenvalue weighted by atomic mass is 32.1. The molecule has 0 aliphatic heterocycles. The Morgan fingerprint density at radius 1 is 1.31 bits per heavy atom. The van der Waals surface area contributed by atoms with E-state index >= 15 is 0 Å². The van der Waals surface area contributed by atoms with Crippen LogP contribution in [0, 0.1) is 12.3 Å². The Morgan fingerprint density at radius 2 is 1.81 bits per heavy atom. The van der Waals surface area contributed by atoms with Crippen molar-refractivity contribution in [3.63, 3.8) is 0 Å². The number of aryl methyl sites for hydroxylation is 1. The van der Waals surface area contributed by atoms with Gasteiger partial charge in [-0.1, -0.05) is 29.9 Å². The van der Waals surface area contributed by atoms with Crippen LogP contribution in [0.4, 0.5) is 5.69 Å². The first-order valence-corrected chi connectivity index (χ1v) is 5.43. The summed E-state index contributed by atoms with van der Waals surface area (Å²) in [7, 11) is 0. The molecule has 0 aliphatic rings. The highest BCUT2D eigenvalue weighted by Crippen LogP contribution is 2.19. The molecule has 1 aromatic carbocycles. The minimum atomic E-state index is -0.833. The van der Waals surface area contributed by atoms with Crippen LogP contribution in [0.5, 0.6) is 0 Å². The third-order valence-electron chi connectivity index (χ3n) is 2.49. The number of carbonyl (C=O) groups excluding carboxylic acids is 1. The standard InChI is InChI=1S/C12H16N2OS/c1-8-4-6-9(7-5-8)14-11(15)12(2,3)10(13)16/h4-7H,1-3H3,(H2,13,16)(H,14,15). The number of carbonyl (C=O) groups is 1. The van der Waals surface area contributed by atoms with Crippen molar-refractivity contribution < 1.29 is 4.79 Å². The number of hydrogen-bond acceptors (Lipinski definition) is 2. The number of thiocarbonyl (C=S) groups is 1. The molecule has 0 aliphatic carbocycles. The maximum Gasteiger partial charge on any atom is 0.236 e. The fourth-order valence-corrected chi connectivity index (χ4v) is 1.13. The molecule has 0 aromatic heterocycles. The highest BCUT2D eigenvalue weighted by molar-refractivity contribution is 7.80. The normalized spacial score (nSPS) is 10.9. The van der Waals surface area contributed by atoms with Crippen molar-refractivity contribution in [3.05, 3.63) is 29.8 Å². The summed E-state index contributed by atoms with van der Waals surface area (Å²) >= 11 is 4.86. The summed E-state index contributed by atoms with van der Waals surface area (Å²) in [6, 6.07) is 7.57. The molecule has 3 nitrogen and oxygen atoms in total. The Kier molecular flexibility index (Phi) is 3.65. The second-order valence-corrected chi connectivity index (χ2v) is 4.75. The monoisotopic (exact) mass is 236 g/mol. The topological polar surface area (TPSA) is 55.1 Å². The van der Waals surface area contributed by atoms with Crippen molar-refractivity contribution in [2.75, 3.05) is 5.32 Å². The lowest BCUT2D eigenvalue weighted by molar-refractivity contribution is -0.121. The Hall–Kier alpha value is -1.42. The Labute approximate surface area is 101 Å². The lowest BCUT2D eigenvalue weighted by atomic mass is 9.92. The molecule has 0 unspecified atom stereocenters. The second-order valence-electron chi connectivity index (χ2n) is 4.31. The lowest BCUT2D eigenvalue weighted by Gasteiger charge is -2.21. The zero-order chi connectivity index (χ0) is 12.3. The number of rotatable bonds is 3. The van der Waals surface area contributed by atoms with Gasteiger partial charge in [0.05, 0.1) is 10.4 Å². The molecule has 0 atom stereocenters. The first kappa shape index (κ1) is 12.6. The van der Waals surface area contributed by atoms with E-state index in [9.17, 15) is 4.79 Å². The highest BCUT2D eigenvalue weighted by Gasteiger charge is 2.30. The summed E-state index contributed by atoms with van der Waals surface area (Å²) in [6.45, 7) is 5.41. The van der Waals surface area contributed by atoms with Gasteiger partial charge in [-0.2, -0.15) is 0 Å². The summed E-state index contributed by atoms with van der Waals surface area (Å²) < 4.78 is 0. The van der Waals surface area contributed by atoms with Gasteiger partial charge in [-0.05, 0) is 32.9 Å². The zero-order valence-corrected chi connectivity index (χ0v) is 10.5. The van der Waals surface area contributed by atoms with Crippen LogP contribution >= 0.6 is 12.2 Å². The van der Waals surface area contributed by atoms with Crippen molar-refractivity contribution in [2.45, 2.75) is 20.8 Å². The molecule has 4 heteroatoms. The van der Waals surface area contributed by atoms with Crippen LogP contribution in [-0.4, -0.2) is 10.9 Å². The van der Waals surface area contributed by atoms with Gasteiger partial charge in [-0.3, -0.25) is 4.79 Å². The van der Waals surface area contributed by atoms with Crippen molar-refractivity contribution >= 4 is 28.8 Å². The van der Waals surface area contributed by atoms with Gasteiger partial charge in [-0.15, -0.1) is 0 Å². The SMILES string of the molecule is Cc1ccc(NC(=O)C(C)(C)C(N)=S)cc1. The fourth-order valence-electron chi connectivity index (χ4n) is 1.04. The predicted octanol–water partition coefficient (Wildman–Crippen LogP) is 2.25. The van der Waals surface area contributed by atoms with Gasteiger partial charge in [0.1, 0.15) is 0 Å². The molecular weight excluding hydrogens is 220 g/mol. The van der Waals surface area contributed by atoms with E-state index in [1.807, 2.05) is 31.2 Å². The summed E-state index contributed by atoms with van der Waals surface area (Å²) in [5.41, 5.74) is 6.58. The molecule has 1 rings (SSSR count). The number of nitrogens with two attached hydrogens (primary N) is 1. The van der Waals surface area contributed by atoms with Gasteiger partial charge in [0.25, 0.3) is 0 Å². The van der Waals surface area contributed by atoms with Crippen molar-refractivity contribution in [3.8, 4) is 0 Å². The third kappa shape index (κ3) is 2.79. The Balaban J connectivity index is 2.79. The summed E-state index contributed by atoms with van der Waals surface area (Å²) in [4.78, 5) is 12.1. The van der Waals surface area contributed by atoms with Gasteiger partial charge >= 0.3 is 0 Å². The van der Waals surface area contributed by atoms with E-state index in [0.29, 0.717) is 0 Å². The maximum atomic E-state index is 11.9. The molecule has 16 heavy (non-hydrogen) atoms. The van der Waals surface area contributed by atoms with E-state index in [1.165, 1.54) is 0 Å². The fraction of sp³-hybridized carbons (Fsp3) is 0.333. The molecule has 0 heterocycles. The molecule has 3 N–H and O–H groups in total. The largest absolute Gasteiger partial charge is 0.392 e. The van der Waals surface area contributed by atoms with Crippen LogP contribution in [0.2, 0.25) is 0 Å². The molecule has 0 bridgehead atoms. The van der Waals surface area contributed by atoms with Gasteiger partial charge in [0.15, 0.2) is 0 Å². The number of nitrogens with one attached hydrogen (secondary N) is 1. The first-order chi connectivity index (χ1) is 7.34. The number of hydrogen-bond donors (Lipinski definition) is 2. The van der Waals surface area contributed by atoms with Crippen LogP contribution in [-0.2, 0) is 4.79 Å². The maximum absolute atomic E-state index is 11.9. The second kappa shape index (κ2) is 4.61. The molecule has 0 fully saturated rings. The average molecular weight is 236 g/mol. The molecular formula is C12H16N2OS. The van der Waals surface area contributed by atoms with Gasteiger partial charge < -0.3 is 11.1 Å². The minimum absolute atomic E-state index is 0.191. The molecule has 1 aromatic rings. The predicted molar refractivity (Wildman–Crippen MR) is 70.4 cm³/mol. The first-order valence-electron chi connectivity index (χ1n) is 5.02. The Bertz CT molecular complexity index is 410. The van der Waals surface area contributed by atoms with Crippen LogP contribution in [0.15, 0.2) is 24.3 Å². The van der Waals surface area contributed by atoms with Crippen LogP contribution in [0.1, 0.15) is 19.4 Å². The molecule has 0 radical (unpaired) electrons. The van der Waals surface area contributed by atoms with E-state index in [0.717, 1.165) is 11.3 Å². The third-order valence-corrected chi connectivity index (χ3v) is 3.00. The zero-order valence-electron chi connectivity index (χ0n) is 9.70. The molecule has 0 saturated heterocycles. The van der Waals surface area contributed by atoms with Crippen molar-refractivity contribution in [2.24, 2.45) is 11.1 Å². The molecule has 0 saturated carbocycles. The van der Waals surface area contributed by atoms with Gasteiger partial charge in [0, 0.05) is 5.69 Å². The van der Waals surface area contributed by atoms with E-state index in [-0.39, 0.29) is 10.9 Å². The summed E-state index contributed by atoms with van der Waals surface area (Å²) in [6.07, 6.45) is 0. The van der Waals surface area contributed by atoms with Crippen LogP contribution in [0.25, 0.3) is 0 Å². The molecule has 1 amide bonds. The number of benzene rings is 1. The molecule has 86 valence electrons. The smallest absolute Gasteiger partial charge is 0.236 e. The lowest BCUT2D eigenvalue weighted by Crippen LogP contribution is -2.41. The van der Waals surface area contributed by atoms with E-state index in [2.05, 4.69) is 5.32 Å². The summed E-state index contributed by atoms with van der Waals surface area (Å²) in [5, 5.41) is 2.78. The Morgan fingerprint density at radius 3 is 2.25 bits per heavy atom. The van der Waals surface area contributed by atoms with E-state index in [1.54, 1.807) is 13.8 Å². The molecule has 0 spiro atoms. The van der Waals surface area contributed by atoms with E-state index < -0.39 is 5.41 Å². The number of amides is 1. The minimum Gasteiger partial charge on any atom is -0.392 e. The quantitative estimate of drug-likeness (QED) is 0.791. The summed E-state index contributed by atoms with van der Waals surface area (Å²) in [5.74, 6) is -0.191. The number of anilines is 1. The van der Waals surface area contributed by atoms with E-state index in [4.69, 9.17) is 18.0 Å². The van der Waals surface area contributed by atoms with Crippen molar-refractivity contribution in [1.29, 1.82) is 0 Å². The van der Waals surface area contributed by atoms with Crippen molar-refractivity contribution in [1.82, 2.24) is 0 Å². The van der Waals surface area contributed by atoms with Gasteiger partial charge in [-0.25, -0.2) is 0 Å². The van der Waals surface area contributed by atoms with Crippen LogP contribution in [0.3, 0.4) is 0 Å².